The highest BCUT2D eigenvalue weighted by Crippen LogP contribution is 2.32. The van der Waals surface area contributed by atoms with Crippen LogP contribution in [0.15, 0.2) is 49.1 Å². The molecule has 0 N–H and O–H groups in total. The zero-order valence-electron chi connectivity index (χ0n) is 23.3. The van der Waals surface area contributed by atoms with Crippen molar-refractivity contribution in [3.63, 3.8) is 0 Å². The topological polar surface area (TPSA) is 17.8 Å². The van der Waals surface area contributed by atoms with Gasteiger partial charge in [0.05, 0.1) is 6.33 Å². The van der Waals surface area contributed by atoms with Crippen LogP contribution in [0.4, 0.5) is 0 Å². The standard InChI is InChI=1S/C33H56N2/c1-3-5-7-8-9-10-11-12-13-14-15-16-17-18-22-25-32(29-31-23-20-19-21-24-31)33(26-6-4-2)35-28-27-34-30-35/h19-21,23-24,27-28,30,32-33H,3-18,22,25-26,29H2,1-2H3. The van der Waals surface area contributed by atoms with E-state index in [1.54, 1.807) is 0 Å². The van der Waals surface area contributed by atoms with Gasteiger partial charge in [-0.2, -0.15) is 0 Å². The summed E-state index contributed by atoms with van der Waals surface area (Å²) in [5, 5.41) is 0. The van der Waals surface area contributed by atoms with Crippen molar-refractivity contribution in [2.24, 2.45) is 5.92 Å². The van der Waals surface area contributed by atoms with Crippen molar-refractivity contribution in [3.8, 4) is 0 Å². The third-order valence-electron chi connectivity index (χ3n) is 7.82. The van der Waals surface area contributed by atoms with Crippen LogP contribution in [0.5, 0.6) is 0 Å². The maximum Gasteiger partial charge on any atom is 0.0948 e. The van der Waals surface area contributed by atoms with Crippen LogP contribution in [0.1, 0.15) is 147 Å². The molecule has 0 aliphatic heterocycles. The van der Waals surface area contributed by atoms with Crippen LogP contribution in [0.25, 0.3) is 0 Å². The zero-order valence-corrected chi connectivity index (χ0v) is 23.3. The molecule has 2 nitrogen and oxygen atoms in total. The molecule has 1 heterocycles. The third-order valence-corrected chi connectivity index (χ3v) is 7.82. The van der Waals surface area contributed by atoms with Crippen LogP contribution in [-0.2, 0) is 6.42 Å². The zero-order chi connectivity index (χ0) is 24.8. The van der Waals surface area contributed by atoms with Crippen LogP contribution < -0.4 is 0 Å². The molecule has 2 rings (SSSR count). The summed E-state index contributed by atoms with van der Waals surface area (Å²) in [4.78, 5) is 4.38. The van der Waals surface area contributed by atoms with E-state index in [2.05, 4.69) is 59.9 Å². The highest BCUT2D eigenvalue weighted by molar-refractivity contribution is 5.15. The number of imidazole rings is 1. The SMILES string of the molecule is CCCCCCCCCCCCCCCCCC(Cc1ccccc1)C(CCCC)n1ccnc1. The number of unbranched alkanes of at least 4 members (excludes halogenated alkanes) is 15. The highest BCUT2D eigenvalue weighted by atomic mass is 15.1. The van der Waals surface area contributed by atoms with Crippen LogP contribution in [0, 0.1) is 5.92 Å². The van der Waals surface area contributed by atoms with Gasteiger partial charge in [0.1, 0.15) is 0 Å². The summed E-state index contributed by atoms with van der Waals surface area (Å²) < 4.78 is 2.40. The molecule has 198 valence electrons. The molecule has 1 aromatic carbocycles. The summed E-state index contributed by atoms with van der Waals surface area (Å²) in [6.45, 7) is 4.61. The lowest BCUT2D eigenvalue weighted by atomic mass is 9.84. The Labute approximate surface area is 218 Å². The van der Waals surface area contributed by atoms with Crippen LogP contribution in [0.2, 0.25) is 0 Å². The molecule has 1 aromatic heterocycles. The monoisotopic (exact) mass is 480 g/mol. The van der Waals surface area contributed by atoms with E-state index in [1.165, 1.54) is 134 Å². The lowest BCUT2D eigenvalue weighted by Gasteiger charge is -2.29. The van der Waals surface area contributed by atoms with Crippen molar-refractivity contribution in [1.29, 1.82) is 0 Å². The lowest BCUT2D eigenvalue weighted by molar-refractivity contribution is 0.277. The Kier molecular flexibility index (Phi) is 17.5. The second-order valence-electron chi connectivity index (χ2n) is 10.9. The summed E-state index contributed by atoms with van der Waals surface area (Å²) in [6.07, 6.45) is 34.0. The van der Waals surface area contributed by atoms with Gasteiger partial charge in [0, 0.05) is 18.4 Å². The van der Waals surface area contributed by atoms with E-state index in [0.29, 0.717) is 12.0 Å². The minimum atomic E-state index is 0.573. The van der Waals surface area contributed by atoms with Gasteiger partial charge in [-0.3, -0.25) is 0 Å². The van der Waals surface area contributed by atoms with Crippen LogP contribution in [0.3, 0.4) is 0 Å². The van der Waals surface area contributed by atoms with E-state index in [9.17, 15) is 0 Å². The van der Waals surface area contributed by atoms with Gasteiger partial charge in [-0.25, -0.2) is 4.98 Å². The quantitative estimate of drug-likeness (QED) is 0.145. The predicted octanol–water partition coefficient (Wildman–Crippen LogP) is 10.7. The minimum Gasteiger partial charge on any atom is -0.334 e. The molecule has 0 spiro atoms. The van der Waals surface area contributed by atoms with E-state index in [0.717, 1.165) is 0 Å². The van der Waals surface area contributed by atoms with Crippen molar-refractivity contribution >= 4 is 0 Å². The number of benzene rings is 1. The molecule has 35 heavy (non-hydrogen) atoms. The predicted molar refractivity (Wildman–Crippen MR) is 154 cm³/mol. The van der Waals surface area contributed by atoms with Crippen molar-refractivity contribution in [2.75, 3.05) is 0 Å². The number of rotatable bonds is 23. The molecule has 0 radical (unpaired) electrons. The second kappa shape index (κ2) is 20.6. The average molecular weight is 481 g/mol. The summed E-state index contributed by atoms with van der Waals surface area (Å²) in [6, 6.07) is 11.7. The first-order chi connectivity index (χ1) is 17.3. The molecule has 0 fully saturated rings. The Balaban J connectivity index is 1.63. The van der Waals surface area contributed by atoms with E-state index in [4.69, 9.17) is 0 Å². The number of hydrogen-bond acceptors (Lipinski definition) is 1. The minimum absolute atomic E-state index is 0.573. The second-order valence-corrected chi connectivity index (χ2v) is 10.9. The maximum atomic E-state index is 4.38. The lowest BCUT2D eigenvalue weighted by Crippen LogP contribution is -2.21. The Bertz CT molecular complexity index is 678. The van der Waals surface area contributed by atoms with Crippen LogP contribution in [-0.4, -0.2) is 9.55 Å². The average Bonchev–Trinajstić information content (AvgIpc) is 3.41. The molecule has 2 atom stereocenters. The normalized spacial score (nSPS) is 13.2. The molecule has 0 saturated carbocycles. The number of aromatic nitrogens is 2. The smallest absolute Gasteiger partial charge is 0.0948 e. The van der Waals surface area contributed by atoms with E-state index >= 15 is 0 Å². The molecular formula is C33H56N2. The van der Waals surface area contributed by atoms with E-state index < -0.39 is 0 Å². The summed E-state index contributed by atoms with van der Waals surface area (Å²) in [7, 11) is 0. The summed E-state index contributed by atoms with van der Waals surface area (Å²) >= 11 is 0. The van der Waals surface area contributed by atoms with E-state index in [-0.39, 0.29) is 0 Å². The fraction of sp³-hybridized carbons (Fsp3) is 0.727. The van der Waals surface area contributed by atoms with Crippen molar-refractivity contribution in [3.05, 3.63) is 54.6 Å². The third kappa shape index (κ3) is 13.9. The first-order valence-electron chi connectivity index (χ1n) is 15.4. The van der Waals surface area contributed by atoms with E-state index in [1.807, 2.05) is 12.5 Å². The Hall–Kier alpha value is -1.57. The maximum absolute atomic E-state index is 4.38. The number of hydrogen-bond donors (Lipinski definition) is 0. The molecule has 2 aromatic rings. The van der Waals surface area contributed by atoms with Gasteiger partial charge in [0.25, 0.3) is 0 Å². The molecule has 0 amide bonds. The highest BCUT2D eigenvalue weighted by Gasteiger charge is 2.22. The fourth-order valence-corrected chi connectivity index (χ4v) is 5.63. The molecule has 0 saturated heterocycles. The van der Waals surface area contributed by atoms with Gasteiger partial charge in [-0.15, -0.1) is 0 Å². The molecule has 2 unspecified atom stereocenters. The Morgan fingerprint density at radius 3 is 1.69 bits per heavy atom. The van der Waals surface area contributed by atoms with Gasteiger partial charge >= 0.3 is 0 Å². The number of nitrogens with zero attached hydrogens (tertiary/aromatic N) is 2. The molecule has 0 aliphatic rings. The molecule has 0 bridgehead atoms. The molecular weight excluding hydrogens is 424 g/mol. The van der Waals surface area contributed by atoms with Crippen molar-refractivity contribution in [1.82, 2.24) is 9.55 Å². The Morgan fingerprint density at radius 1 is 0.629 bits per heavy atom. The van der Waals surface area contributed by atoms with Crippen molar-refractivity contribution in [2.45, 2.75) is 148 Å². The van der Waals surface area contributed by atoms with Gasteiger partial charge < -0.3 is 4.57 Å². The molecule has 0 aliphatic carbocycles. The van der Waals surface area contributed by atoms with Gasteiger partial charge in [0.2, 0.25) is 0 Å². The van der Waals surface area contributed by atoms with Gasteiger partial charge in [0.15, 0.2) is 0 Å². The van der Waals surface area contributed by atoms with Crippen LogP contribution >= 0.6 is 0 Å². The fourth-order valence-electron chi connectivity index (χ4n) is 5.63. The molecule has 2 heteroatoms. The first kappa shape index (κ1) is 29.7. The summed E-state index contributed by atoms with van der Waals surface area (Å²) in [5.41, 5.74) is 1.49. The largest absolute Gasteiger partial charge is 0.334 e. The first-order valence-corrected chi connectivity index (χ1v) is 15.4. The van der Waals surface area contributed by atoms with Gasteiger partial charge in [-0.05, 0) is 30.7 Å². The Morgan fingerprint density at radius 2 is 1.17 bits per heavy atom. The summed E-state index contributed by atoms with van der Waals surface area (Å²) in [5.74, 6) is 0.695. The van der Waals surface area contributed by atoms with Gasteiger partial charge in [-0.1, -0.05) is 153 Å². The van der Waals surface area contributed by atoms with Crippen molar-refractivity contribution < 1.29 is 0 Å².